The summed E-state index contributed by atoms with van der Waals surface area (Å²) in [5.41, 5.74) is 1.79. The number of nitrogens with zero attached hydrogens (tertiary/aromatic N) is 3. The molecule has 0 radical (unpaired) electrons. The zero-order valence-corrected chi connectivity index (χ0v) is 18.1. The fourth-order valence-corrected chi connectivity index (χ4v) is 4.31. The monoisotopic (exact) mass is 451 g/mol. The molecule has 0 bridgehead atoms. The highest BCUT2D eigenvalue weighted by atomic mass is 16.2. The van der Waals surface area contributed by atoms with E-state index in [0.717, 1.165) is 11.1 Å². The van der Waals surface area contributed by atoms with E-state index >= 15 is 0 Å². The van der Waals surface area contributed by atoms with Crippen molar-refractivity contribution in [2.75, 3.05) is 19.6 Å². The molecule has 0 saturated carbocycles. The van der Waals surface area contributed by atoms with Crippen LogP contribution in [-0.2, 0) is 20.9 Å². The van der Waals surface area contributed by atoms with Gasteiger partial charge in [0.15, 0.2) is 0 Å². The average molecular weight is 451 g/mol. The number of benzene rings is 1. The molecule has 3 heterocycles. The number of aromatic amines is 1. The summed E-state index contributed by atoms with van der Waals surface area (Å²) in [5.74, 6) is -0.927. The van der Waals surface area contributed by atoms with Crippen LogP contribution in [-0.4, -0.2) is 63.3 Å². The second kappa shape index (κ2) is 9.76. The summed E-state index contributed by atoms with van der Waals surface area (Å²) >= 11 is 0. The average Bonchev–Trinajstić information content (AvgIpc) is 3.14. The number of hydrogen-bond donors (Lipinski definition) is 2. The summed E-state index contributed by atoms with van der Waals surface area (Å²) in [4.78, 5) is 63.2. The van der Waals surface area contributed by atoms with Gasteiger partial charge in [0.2, 0.25) is 17.7 Å². The molecule has 10 nitrogen and oxygen atoms in total. The predicted molar refractivity (Wildman–Crippen MR) is 117 cm³/mol. The molecular formula is C23H25N5O5. The molecule has 172 valence electrons. The maximum Gasteiger partial charge on any atom is 0.264 e. The van der Waals surface area contributed by atoms with Crippen molar-refractivity contribution in [1.29, 1.82) is 0 Å². The van der Waals surface area contributed by atoms with Gasteiger partial charge in [-0.3, -0.25) is 28.9 Å². The first-order valence-electron chi connectivity index (χ1n) is 10.9. The zero-order valence-electron chi connectivity index (χ0n) is 18.1. The number of likely N-dealkylation sites (tertiary alicyclic amines) is 1. The highest BCUT2D eigenvalue weighted by Crippen LogP contribution is 2.28. The van der Waals surface area contributed by atoms with Crippen LogP contribution in [0.15, 0.2) is 41.3 Å². The molecule has 1 aromatic heterocycles. The number of carbonyl (C=O) groups excluding carboxylic acids is 4. The van der Waals surface area contributed by atoms with Crippen molar-refractivity contribution in [3.05, 3.63) is 63.6 Å². The van der Waals surface area contributed by atoms with Crippen LogP contribution in [0.1, 0.15) is 53.1 Å². The quantitative estimate of drug-likeness (QED) is 0.591. The molecule has 33 heavy (non-hydrogen) atoms. The largest absolute Gasteiger partial charge is 0.351 e. The van der Waals surface area contributed by atoms with Crippen LogP contribution < -0.4 is 10.9 Å². The predicted octanol–water partition coefficient (Wildman–Crippen LogP) is 0.555. The van der Waals surface area contributed by atoms with Crippen molar-refractivity contribution in [2.45, 2.75) is 38.1 Å². The van der Waals surface area contributed by atoms with Crippen molar-refractivity contribution < 1.29 is 19.2 Å². The molecule has 1 atom stereocenters. The van der Waals surface area contributed by atoms with Crippen LogP contribution >= 0.6 is 0 Å². The van der Waals surface area contributed by atoms with Crippen molar-refractivity contribution in [3.8, 4) is 0 Å². The van der Waals surface area contributed by atoms with E-state index in [2.05, 4.69) is 15.5 Å². The molecule has 4 amide bonds. The van der Waals surface area contributed by atoms with Gasteiger partial charge < -0.3 is 10.2 Å². The molecule has 2 aliphatic rings. The van der Waals surface area contributed by atoms with Crippen molar-refractivity contribution in [1.82, 2.24) is 25.3 Å². The lowest BCUT2D eigenvalue weighted by atomic mass is 9.89. The van der Waals surface area contributed by atoms with Gasteiger partial charge >= 0.3 is 0 Å². The standard InChI is InChI=1S/C23H25N5O5/c29-19-10-16(12-25-26-19)23(33)24-11-17-14-27(13-15-4-1-2-5-18(15)17)20(30)6-3-9-28-21(31)7-8-22(28)32/h1-2,4-5,10,12,17H,3,6-9,11,13-14H2,(H,24,33)(H,26,29). The summed E-state index contributed by atoms with van der Waals surface area (Å²) in [7, 11) is 0. The Morgan fingerprint density at radius 3 is 2.64 bits per heavy atom. The van der Waals surface area contributed by atoms with Crippen LogP contribution in [0.2, 0.25) is 0 Å². The van der Waals surface area contributed by atoms with Gasteiger partial charge in [-0.05, 0) is 17.5 Å². The Bertz CT molecular complexity index is 1130. The Balaban J connectivity index is 1.38. The molecule has 1 saturated heterocycles. The minimum atomic E-state index is -0.459. The van der Waals surface area contributed by atoms with Crippen LogP contribution in [0.5, 0.6) is 0 Å². The first-order valence-corrected chi connectivity index (χ1v) is 10.9. The molecule has 0 aliphatic carbocycles. The highest BCUT2D eigenvalue weighted by molar-refractivity contribution is 6.01. The summed E-state index contributed by atoms with van der Waals surface area (Å²) in [6, 6.07) is 8.98. The van der Waals surface area contributed by atoms with Gasteiger partial charge in [0, 0.05) is 57.4 Å². The minimum absolute atomic E-state index is 0.0567. The Morgan fingerprint density at radius 1 is 1.12 bits per heavy atom. The molecule has 2 aromatic rings. The molecular weight excluding hydrogens is 426 g/mol. The van der Waals surface area contributed by atoms with Crippen molar-refractivity contribution in [2.24, 2.45) is 0 Å². The fourth-order valence-electron chi connectivity index (χ4n) is 4.31. The Morgan fingerprint density at radius 2 is 1.88 bits per heavy atom. The first-order chi connectivity index (χ1) is 15.9. The lowest BCUT2D eigenvalue weighted by molar-refractivity contribution is -0.139. The second-order valence-corrected chi connectivity index (χ2v) is 8.26. The lowest BCUT2D eigenvalue weighted by Crippen LogP contribution is -2.42. The molecule has 10 heteroatoms. The summed E-state index contributed by atoms with van der Waals surface area (Å²) < 4.78 is 0. The normalized spacial score (nSPS) is 17.8. The summed E-state index contributed by atoms with van der Waals surface area (Å²) in [6.45, 7) is 1.46. The van der Waals surface area contributed by atoms with Crippen molar-refractivity contribution >= 4 is 23.6 Å². The van der Waals surface area contributed by atoms with Gasteiger partial charge in [-0.1, -0.05) is 24.3 Å². The number of H-pyrrole nitrogens is 1. The van der Waals surface area contributed by atoms with Gasteiger partial charge in [-0.2, -0.15) is 5.10 Å². The van der Waals surface area contributed by atoms with E-state index in [1.807, 2.05) is 24.3 Å². The maximum atomic E-state index is 12.9. The van der Waals surface area contributed by atoms with Gasteiger partial charge in [0.05, 0.1) is 11.8 Å². The van der Waals surface area contributed by atoms with Crippen LogP contribution in [0.25, 0.3) is 0 Å². The smallest absolute Gasteiger partial charge is 0.264 e. The van der Waals surface area contributed by atoms with Crippen LogP contribution in [0.4, 0.5) is 0 Å². The van der Waals surface area contributed by atoms with Crippen molar-refractivity contribution in [3.63, 3.8) is 0 Å². The van der Waals surface area contributed by atoms with Gasteiger partial charge in [-0.15, -0.1) is 0 Å². The van der Waals surface area contributed by atoms with Crippen LogP contribution in [0, 0.1) is 0 Å². The Hall–Kier alpha value is -3.82. The van der Waals surface area contributed by atoms with E-state index in [0.29, 0.717) is 26.1 Å². The molecule has 2 aliphatic heterocycles. The topological polar surface area (TPSA) is 133 Å². The first kappa shape index (κ1) is 22.4. The Kier molecular flexibility index (Phi) is 6.62. The third kappa shape index (κ3) is 5.16. The number of aromatic nitrogens is 2. The molecule has 2 N–H and O–H groups in total. The van der Waals surface area contributed by atoms with Crippen LogP contribution in [0.3, 0.4) is 0 Å². The number of nitrogens with one attached hydrogen (secondary N) is 2. The van der Waals surface area contributed by atoms with E-state index in [1.54, 1.807) is 4.90 Å². The molecule has 1 fully saturated rings. The number of rotatable bonds is 7. The number of imide groups is 1. The van der Waals surface area contributed by atoms with E-state index in [-0.39, 0.29) is 55.0 Å². The summed E-state index contributed by atoms with van der Waals surface area (Å²) in [6.07, 6.45) is 2.44. The second-order valence-electron chi connectivity index (χ2n) is 8.26. The number of hydrogen-bond acceptors (Lipinski definition) is 6. The third-order valence-electron chi connectivity index (χ3n) is 6.01. The van der Waals surface area contributed by atoms with E-state index < -0.39 is 11.5 Å². The zero-order chi connectivity index (χ0) is 23.4. The van der Waals surface area contributed by atoms with Gasteiger partial charge in [0.1, 0.15) is 0 Å². The molecule has 4 rings (SSSR count). The number of carbonyl (C=O) groups is 4. The lowest BCUT2D eigenvalue weighted by Gasteiger charge is -2.35. The third-order valence-corrected chi connectivity index (χ3v) is 6.01. The van der Waals surface area contributed by atoms with E-state index in [4.69, 9.17) is 0 Å². The van der Waals surface area contributed by atoms with Gasteiger partial charge in [0.25, 0.3) is 11.5 Å². The number of amides is 4. The number of fused-ring (bicyclic) bond motifs is 1. The molecule has 1 aromatic carbocycles. The fraction of sp³-hybridized carbons (Fsp3) is 0.391. The van der Waals surface area contributed by atoms with E-state index in [9.17, 15) is 24.0 Å². The minimum Gasteiger partial charge on any atom is -0.351 e. The van der Waals surface area contributed by atoms with E-state index in [1.165, 1.54) is 17.2 Å². The highest BCUT2D eigenvalue weighted by Gasteiger charge is 2.30. The molecule has 1 unspecified atom stereocenters. The Labute approximate surface area is 190 Å². The van der Waals surface area contributed by atoms with Gasteiger partial charge in [-0.25, -0.2) is 5.10 Å². The maximum absolute atomic E-state index is 12.9. The summed E-state index contributed by atoms with van der Waals surface area (Å²) in [5, 5.41) is 8.71. The molecule has 0 spiro atoms. The SMILES string of the molecule is O=C(NCC1CN(C(=O)CCCN2C(=O)CCC2=O)Cc2ccccc21)c1cn[nH]c(=O)c1.